The average Bonchev–Trinajstić information content (AvgIpc) is 2.57. The topological polar surface area (TPSA) is 39.9 Å². The lowest BCUT2D eigenvalue weighted by molar-refractivity contribution is 0.414. The van der Waals surface area contributed by atoms with Gasteiger partial charge in [-0.15, -0.1) is 10.2 Å². The molecule has 1 heterocycles. The monoisotopic (exact) mass is 301 g/mol. The van der Waals surface area contributed by atoms with Crippen molar-refractivity contribution in [1.29, 1.82) is 0 Å². The van der Waals surface area contributed by atoms with E-state index in [0.717, 1.165) is 21.7 Å². The predicted molar refractivity (Wildman–Crippen MR) is 65.4 cm³/mol. The summed E-state index contributed by atoms with van der Waals surface area (Å²) in [5.41, 5.74) is 0.860. The van der Waals surface area contributed by atoms with E-state index in [1.807, 2.05) is 25.1 Å². The van der Waals surface area contributed by atoms with Crippen LogP contribution in [-0.2, 0) is 0 Å². The van der Waals surface area contributed by atoms with Crippen LogP contribution < -0.4 is 4.74 Å². The van der Waals surface area contributed by atoms with E-state index in [1.165, 1.54) is 0 Å². The maximum absolute atomic E-state index is 5.96. The summed E-state index contributed by atoms with van der Waals surface area (Å²) < 4.78 is 7.84. The second-order valence-electron chi connectivity index (χ2n) is 3.20. The Morgan fingerprint density at radius 1 is 1.31 bits per heavy atom. The highest BCUT2D eigenvalue weighted by atomic mass is 79.9. The lowest BCUT2D eigenvalue weighted by Gasteiger charge is -2.08. The Balaban J connectivity index is 2.60. The molecule has 1 aromatic carbocycles. The van der Waals surface area contributed by atoms with Gasteiger partial charge in [0.05, 0.1) is 12.8 Å². The fourth-order valence-electron chi connectivity index (χ4n) is 1.42. The average molecular weight is 303 g/mol. The van der Waals surface area contributed by atoms with Gasteiger partial charge < -0.3 is 4.74 Å². The Bertz CT molecular complexity index is 507. The molecule has 0 fully saturated rings. The SMILES string of the molecule is COc1cc(Br)cc(-n2c(C)nnc2Cl)c1. The molecule has 0 aliphatic rings. The van der Waals surface area contributed by atoms with Crippen molar-refractivity contribution < 1.29 is 4.74 Å². The van der Waals surface area contributed by atoms with Crippen molar-refractivity contribution in [3.63, 3.8) is 0 Å². The van der Waals surface area contributed by atoms with Gasteiger partial charge in [0, 0.05) is 10.5 Å². The largest absolute Gasteiger partial charge is 0.497 e. The van der Waals surface area contributed by atoms with Gasteiger partial charge in [0.1, 0.15) is 11.6 Å². The normalized spacial score (nSPS) is 10.5. The van der Waals surface area contributed by atoms with Crippen LogP contribution in [0.15, 0.2) is 22.7 Å². The van der Waals surface area contributed by atoms with Crippen molar-refractivity contribution in [2.45, 2.75) is 6.92 Å². The first-order valence-corrected chi connectivity index (χ1v) is 5.71. The van der Waals surface area contributed by atoms with E-state index in [1.54, 1.807) is 11.7 Å². The highest BCUT2D eigenvalue weighted by Crippen LogP contribution is 2.26. The molecule has 0 aliphatic heterocycles. The minimum Gasteiger partial charge on any atom is -0.497 e. The molecular weight excluding hydrogens is 293 g/mol. The van der Waals surface area contributed by atoms with Crippen molar-refractivity contribution >= 4 is 27.5 Å². The summed E-state index contributed by atoms with van der Waals surface area (Å²) >= 11 is 9.37. The second-order valence-corrected chi connectivity index (χ2v) is 4.45. The Hall–Kier alpha value is -1.07. The number of methoxy groups -OCH3 is 1. The highest BCUT2D eigenvalue weighted by Gasteiger charge is 2.10. The summed E-state index contributed by atoms with van der Waals surface area (Å²) in [7, 11) is 1.62. The second kappa shape index (κ2) is 4.43. The first-order chi connectivity index (χ1) is 7.61. The molecule has 6 heteroatoms. The molecule has 0 aliphatic carbocycles. The molecule has 84 valence electrons. The summed E-state index contributed by atoms with van der Waals surface area (Å²) in [5.74, 6) is 1.47. The molecule has 4 nitrogen and oxygen atoms in total. The molecule has 2 rings (SSSR count). The number of aromatic nitrogens is 3. The van der Waals surface area contributed by atoms with E-state index in [2.05, 4.69) is 26.1 Å². The number of hydrogen-bond donors (Lipinski definition) is 0. The number of ether oxygens (including phenoxy) is 1. The van der Waals surface area contributed by atoms with Gasteiger partial charge in [-0.2, -0.15) is 0 Å². The summed E-state index contributed by atoms with van der Waals surface area (Å²) in [5, 5.41) is 8.03. The minimum atomic E-state index is 0.331. The molecule has 0 N–H and O–H groups in total. The first-order valence-electron chi connectivity index (χ1n) is 4.54. The van der Waals surface area contributed by atoms with Gasteiger partial charge in [0.15, 0.2) is 0 Å². The summed E-state index contributed by atoms with van der Waals surface area (Å²) in [4.78, 5) is 0. The zero-order chi connectivity index (χ0) is 11.7. The molecule has 2 aromatic rings. The van der Waals surface area contributed by atoms with Gasteiger partial charge in [-0.05, 0) is 30.7 Å². The van der Waals surface area contributed by atoms with Crippen LogP contribution >= 0.6 is 27.5 Å². The van der Waals surface area contributed by atoms with Crippen molar-refractivity contribution in [3.8, 4) is 11.4 Å². The number of halogens is 2. The van der Waals surface area contributed by atoms with Gasteiger partial charge in [-0.1, -0.05) is 15.9 Å². The maximum atomic E-state index is 5.96. The van der Waals surface area contributed by atoms with Crippen molar-refractivity contribution in [3.05, 3.63) is 33.8 Å². The lowest BCUT2D eigenvalue weighted by Crippen LogP contribution is -1.98. The van der Waals surface area contributed by atoms with Crippen LogP contribution in [0.4, 0.5) is 0 Å². The summed E-state index contributed by atoms with van der Waals surface area (Å²) in [6.45, 7) is 1.84. The van der Waals surface area contributed by atoms with Gasteiger partial charge >= 0.3 is 0 Å². The van der Waals surface area contributed by atoms with E-state index in [4.69, 9.17) is 16.3 Å². The third-order valence-electron chi connectivity index (χ3n) is 2.14. The third-order valence-corrected chi connectivity index (χ3v) is 2.84. The molecule has 0 saturated carbocycles. The minimum absolute atomic E-state index is 0.331. The van der Waals surface area contributed by atoms with Gasteiger partial charge in [-0.3, -0.25) is 4.57 Å². The first kappa shape index (κ1) is 11.4. The Labute approximate surface area is 106 Å². The van der Waals surface area contributed by atoms with Gasteiger partial charge in [0.25, 0.3) is 0 Å². The van der Waals surface area contributed by atoms with Crippen LogP contribution in [0.3, 0.4) is 0 Å². The molecule has 0 saturated heterocycles. The molecule has 1 aromatic heterocycles. The Morgan fingerprint density at radius 3 is 2.62 bits per heavy atom. The zero-order valence-electron chi connectivity index (χ0n) is 8.74. The number of hydrogen-bond acceptors (Lipinski definition) is 3. The maximum Gasteiger partial charge on any atom is 0.229 e. The van der Waals surface area contributed by atoms with Gasteiger partial charge in [0.2, 0.25) is 5.28 Å². The van der Waals surface area contributed by atoms with E-state index in [-0.39, 0.29) is 0 Å². The number of nitrogens with zero attached hydrogens (tertiary/aromatic N) is 3. The summed E-state index contributed by atoms with van der Waals surface area (Å²) in [6, 6.07) is 5.66. The van der Waals surface area contributed by atoms with Crippen molar-refractivity contribution in [2.24, 2.45) is 0 Å². The van der Waals surface area contributed by atoms with Crippen LogP contribution in [0, 0.1) is 6.92 Å². The van der Waals surface area contributed by atoms with Crippen LogP contribution in [0.2, 0.25) is 5.28 Å². The van der Waals surface area contributed by atoms with Crippen molar-refractivity contribution in [2.75, 3.05) is 7.11 Å². The molecule has 0 unspecified atom stereocenters. The molecule has 0 amide bonds. The Morgan fingerprint density at radius 2 is 2.06 bits per heavy atom. The van der Waals surface area contributed by atoms with Gasteiger partial charge in [-0.25, -0.2) is 0 Å². The van der Waals surface area contributed by atoms with Crippen molar-refractivity contribution in [1.82, 2.24) is 14.8 Å². The van der Waals surface area contributed by atoms with E-state index in [0.29, 0.717) is 5.28 Å². The number of aryl methyl sites for hydroxylation is 1. The van der Waals surface area contributed by atoms with E-state index < -0.39 is 0 Å². The molecule has 16 heavy (non-hydrogen) atoms. The zero-order valence-corrected chi connectivity index (χ0v) is 11.1. The Kier molecular flexibility index (Phi) is 3.16. The molecule has 0 bridgehead atoms. The molecule has 0 spiro atoms. The lowest BCUT2D eigenvalue weighted by atomic mass is 10.3. The quantitative estimate of drug-likeness (QED) is 0.856. The molecule has 0 atom stereocenters. The standard InChI is InChI=1S/C10H9BrClN3O/c1-6-13-14-10(12)15(6)8-3-7(11)4-9(5-8)16-2/h3-5H,1-2H3. The van der Waals surface area contributed by atoms with Crippen LogP contribution in [0.1, 0.15) is 5.82 Å². The third kappa shape index (κ3) is 2.05. The highest BCUT2D eigenvalue weighted by molar-refractivity contribution is 9.10. The molecular formula is C10H9BrClN3O. The predicted octanol–water partition coefficient (Wildman–Crippen LogP) is 3.00. The van der Waals surface area contributed by atoms with Crippen LogP contribution in [0.25, 0.3) is 5.69 Å². The smallest absolute Gasteiger partial charge is 0.229 e. The van der Waals surface area contributed by atoms with Crippen LogP contribution in [-0.4, -0.2) is 21.9 Å². The number of rotatable bonds is 2. The van der Waals surface area contributed by atoms with E-state index in [9.17, 15) is 0 Å². The molecule has 0 radical (unpaired) electrons. The number of benzene rings is 1. The van der Waals surface area contributed by atoms with Crippen LogP contribution in [0.5, 0.6) is 5.75 Å². The van der Waals surface area contributed by atoms with E-state index >= 15 is 0 Å². The fourth-order valence-corrected chi connectivity index (χ4v) is 2.14. The summed E-state index contributed by atoms with van der Waals surface area (Å²) in [6.07, 6.45) is 0. The fraction of sp³-hybridized carbons (Fsp3) is 0.200.